The summed E-state index contributed by atoms with van der Waals surface area (Å²) in [6.45, 7) is 4.11. The molecule has 0 bridgehead atoms. The monoisotopic (exact) mass is 464 g/mol. The van der Waals surface area contributed by atoms with Crippen LogP contribution < -0.4 is 5.32 Å². The number of carbonyl (C=O) groups is 3. The zero-order valence-corrected chi connectivity index (χ0v) is 19.8. The van der Waals surface area contributed by atoms with Crippen LogP contribution in [0.1, 0.15) is 63.0 Å². The molecule has 2 aromatic rings. The second-order valence-corrected chi connectivity index (χ2v) is 9.38. The molecule has 1 unspecified atom stereocenters. The van der Waals surface area contributed by atoms with Gasteiger partial charge in [-0.15, -0.1) is 0 Å². The van der Waals surface area contributed by atoms with Crippen molar-refractivity contribution in [3.05, 3.63) is 59.7 Å². The van der Waals surface area contributed by atoms with E-state index >= 15 is 0 Å². The topological polar surface area (TPSA) is 95.9 Å². The van der Waals surface area contributed by atoms with Crippen LogP contribution in [0, 0.1) is 0 Å². The van der Waals surface area contributed by atoms with E-state index in [1.54, 1.807) is 6.92 Å². The van der Waals surface area contributed by atoms with Gasteiger partial charge in [-0.05, 0) is 54.9 Å². The fourth-order valence-corrected chi connectivity index (χ4v) is 5.33. The Morgan fingerprint density at radius 1 is 1.06 bits per heavy atom. The van der Waals surface area contributed by atoms with E-state index in [-0.39, 0.29) is 18.4 Å². The number of alkyl carbamates (subject to hydrolysis) is 1. The summed E-state index contributed by atoms with van der Waals surface area (Å²) >= 11 is 0. The molecule has 0 radical (unpaired) electrons. The van der Waals surface area contributed by atoms with Crippen LogP contribution in [-0.4, -0.2) is 52.7 Å². The molecule has 7 nitrogen and oxygen atoms in total. The van der Waals surface area contributed by atoms with E-state index in [2.05, 4.69) is 17.4 Å². The molecule has 1 saturated heterocycles. The Balaban J connectivity index is 1.47. The largest absolute Gasteiger partial charge is 0.480 e. The average molecular weight is 465 g/mol. The molecule has 2 aliphatic rings. The molecule has 180 valence electrons. The third kappa shape index (κ3) is 4.52. The predicted octanol–water partition coefficient (Wildman–Crippen LogP) is 4.55. The van der Waals surface area contributed by atoms with Crippen LogP contribution in [-0.2, 0) is 14.3 Å². The number of amides is 2. The van der Waals surface area contributed by atoms with E-state index in [0.29, 0.717) is 25.8 Å². The minimum Gasteiger partial charge on any atom is -0.480 e. The van der Waals surface area contributed by atoms with E-state index in [1.165, 1.54) is 4.90 Å². The number of rotatable bonds is 7. The number of hydrogen-bond donors (Lipinski definition) is 2. The fourth-order valence-electron chi connectivity index (χ4n) is 5.33. The fraction of sp³-hybridized carbons (Fsp3) is 0.444. The highest BCUT2D eigenvalue weighted by atomic mass is 16.5. The molecule has 2 aromatic carbocycles. The Labute approximate surface area is 200 Å². The summed E-state index contributed by atoms with van der Waals surface area (Å²) in [6, 6.07) is 15.3. The zero-order chi connectivity index (χ0) is 24.3. The summed E-state index contributed by atoms with van der Waals surface area (Å²) in [5, 5.41) is 12.4. The minimum absolute atomic E-state index is 0.0789. The van der Waals surface area contributed by atoms with Gasteiger partial charge in [0.15, 0.2) is 0 Å². The van der Waals surface area contributed by atoms with Gasteiger partial charge in [-0.25, -0.2) is 9.59 Å². The van der Waals surface area contributed by atoms with Crippen molar-refractivity contribution in [2.75, 3.05) is 13.2 Å². The summed E-state index contributed by atoms with van der Waals surface area (Å²) in [7, 11) is 0. The molecule has 1 aliphatic carbocycles. The number of fused-ring (bicyclic) bond motifs is 3. The molecule has 34 heavy (non-hydrogen) atoms. The van der Waals surface area contributed by atoms with Gasteiger partial charge in [-0.3, -0.25) is 4.79 Å². The van der Waals surface area contributed by atoms with Crippen molar-refractivity contribution in [1.29, 1.82) is 0 Å². The number of carboxylic acids is 1. The highest BCUT2D eigenvalue weighted by Gasteiger charge is 2.43. The third-order valence-corrected chi connectivity index (χ3v) is 6.99. The second-order valence-electron chi connectivity index (χ2n) is 9.38. The molecule has 0 spiro atoms. The van der Waals surface area contributed by atoms with Crippen LogP contribution in [0.4, 0.5) is 4.79 Å². The lowest BCUT2D eigenvalue weighted by atomic mass is 9.91. The number of benzene rings is 2. The number of aliphatic carboxylic acids is 1. The molecule has 2 N–H and O–H groups in total. The molecule has 4 rings (SSSR count). The molecule has 1 aliphatic heterocycles. The van der Waals surface area contributed by atoms with Crippen LogP contribution in [0.25, 0.3) is 11.1 Å². The summed E-state index contributed by atoms with van der Waals surface area (Å²) < 4.78 is 5.66. The normalized spacial score (nSPS) is 19.0. The number of hydrogen-bond acceptors (Lipinski definition) is 4. The summed E-state index contributed by atoms with van der Waals surface area (Å²) in [6.07, 6.45) is 2.31. The van der Waals surface area contributed by atoms with Gasteiger partial charge in [-0.2, -0.15) is 0 Å². The van der Waals surface area contributed by atoms with Crippen molar-refractivity contribution < 1.29 is 24.2 Å². The van der Waals surface area contributed by atoms with Gasteiger partial charge < -0.3 is 20.1 Å². The molecule has 1 fully saturated rings. The van der Waals surface area contributed by atoms with Crippen LogP contribution in [0.5, 0.6) is 0 Å². The van der Waals surface area contributed by atoms with Crippen molar-refractivity contribution >= 4 is 18.0 Å². The highest BCUT2D eigenvalue weighted by Crippen LogP contribution is 2.44. The Hall–Kier alpha value is -3.35. The highest BCUT2D eigenvalue weighted by molar-refractivity contribution is 5.92. The molecule has 1 heterocycles. The maximum atomic E-state index is 13.4. The van der Waals surface area contributed by atoms with E-state index in [9.17, 15) is 19.5 Å². The standard InChI is InChI=1S/C27H32N2O5/c1-3-15-27(2,25(32)29-16-9-8-14-23(29)24(30)31)28-26(33)34-17-22-20-12-6-4-10-18(20)19-11-5-7-13-21(19)22/h4-7,10-13,22-23H,3,8-9,14-17H2,1-2H3,(H,28,33)(H,30,31)/t23-,27?/m0/s1. The lowest BCUT2D eigenvalue weighted by Gasteiger charge is -2.39. The van der Waals surface area contributed by atoms with Crippen LogP contribution >= 0.6 is 0 Å². The maximum Gasteiger partial charge on any atom is 0.408 e. The number of piperidine rings is 1. The van der Waals surface area contributed by atoms with Gasteiger partial charge in [0.2, 0.25) is 5.91 Å². The van der Waals surface area contributed by atoms with Crippen molar-refractivity contribution in [3.63, 3.8) is 0 Å². The van der Waals surface area contributed by atoms with Gasteiger partial charge in [0.25, 0.3) is 0 Å². The Kier molecular flexibility index (Phi) is 6.91. The summed E-state index contributed by atoms with van der Waals surface area (Å²) in [5.74, 6) is -1.45. The van der Waals surface area contributed by atoms with E-state index in [0.717, 1.165) is 35.1 Å². The number of nitrogens with one attached hydrogen (secondary N) is 1. The van der Waals surface area contributed by atoms with Crippen molar-refractivity contribution in [2.24, 2.45) is 0 Å². The van der Waals surface area contributed by atoms with Gasteiger partial charge >= 0.3 is 12.1 Å². The number of carboxylic acid groups (broad SMARTS) is 1. The first-order chi connectivity index (χ1) is 16.4. The quantitative estimate of drug-likeness (QED) is 0.627. The summed E-state index contributed by atoms with van der Waals surface area (Å²) in [5.41, 5.74) is 3.27. The molecule has 0 aromatic heterocycles. The molecule has 2 atom stereocenters. The first-order valence-electron chi connectivity index (χ1n) is 12.0. The van der Waals surface area contributed by atoms with E-state index in [1.807, 2.05) is 43.3 Å². The van der Waals surface area contributed by atoms with Crippen LogP contribution in [0.15, 0.2) is 48.5 Å². The first-order valence-corrected chi connectivity index (χ1v) is 12.0. The van der Waals surface area contributed by atoms with Gasteiger partial charge in [-0.1, -0.05) is 61.9 Å². The van der Waals surface area contributed by atoms with Crippen molar-refractivity contribution in [1.82, 2.24) is 10.2 Å². The lowest BCUT2D eigenvalue weighted by molar-refractivity contribution is -0.155. The number of carbonyl (C=O) groups excluding carboxylic acids is 2. The zero-order valence-electron chi connectivity index (χ0n) is 19.8. The third-order valence-electron chi connectivity index (χ3n) is 6.99. The SMILES string of the molecule is CCCC(C)(NC(=O)OCC1c2ccccc2-c2ccccc21)C(=O)N1CCCC[C@H]1C(=O)O. The Morgan fingerprint density at radius 3 is 2.26 bits per heavy atom. The Morgan fingerprint density at radius 2 is 1.68 bits per heavy atom. The maximum absolute atomic E-state index is 13.4. The molecule has 7 heteroatoms. The second kappa shape index (κ2) is 9.87. The van der Waals surface area contributed by atoms with Crippen molar-refractivity contribution in [3.8, 4) is 11.1 Å². The molecular weight excluding hydrogens is 432 g/mol. The van der Waals surface area contributed by atoms with Crippen LogP contribution in [0.2, 0.25) is 0 Å². The van der Waals surface area contributed by atoms with Gasteiger partial charge in [0.1, 0.15) is 18.2 Å². The number of ether oxygens (including phenoxy) is 1. The van der Waals surface area contributed by atoms with Crippen molar-refractivity contribution in [2.45, 2.75) is 63.5 Å². The van der Waals surface area contributed by atoms with Gasteiger partial charge in [0.05, 0.1) is 0 Å². The van der Waals surface area contributed by atoms with Gasteiger partial charge in [0, 0.05) is 12.5 Å². The predicted molar refractivity (Wildman–Crippen MR) is 129 cm³/mol. The smallest absolute Gasteiger partial charge is 0.408 e. The van der Waals surface area contributed by atoms with E-state index < -0.39 is 23.6 Å². The Bertz CT molecular complexity index is 1040. The first kappa shape index (κ1) is 23.8. The molecule has 0 saturated carbocycles. The minimum atomic E-state index is -1.23. The van der Waals surface area contributed by atoms with E-state index in [4.69, 9.17) is 4.74 Å². The molecular formula is C27H32N2O5. The number of likely N-dealkylation sites (tertiary alicyclic amines) is 1. The summed E-state index contributed by atoms with van der Waals surface area (Å²) in [4.78, 5) is 39.5. The number of nitrogens with zero attached hydrogens (tertiary/aromatic N) is 1. The van der Waals surface area contributed by atoms with Crippen LogP contribution in [0.3, 0.4) is 0 Å². The average Bonchev–Trinajstić information content (AvgIpc) is 3.16. The lowest BCUT2D eigenvalue weighted by Crippen LogP contribution is -2.61. The molecule has 2 amide bonds.